The molecule has 0 radical (unpaired) electrons. The van der Waals surface area contributed by atoms with Gasteiger partial charge >= 0.3 is 0 Å². The Morgan fingerprint density at radius 2 is 2.00 bits per heavy atom. The van der Waals surface area contributed by atoms with Gasteiger partial charge in [-0.2, -0.15) is 0 Å². The number of rotatable bonds is 5. The number of nitro groups is 1. The molecule has 3 rings (SSSR count). The van der Waals surface area contributed by atoms with E-state index in [1.807, 2.05) is 13.0 Å². The highest BCUT2D eigenvalue weighted by Crippen LogP contribution is 2.33. The summed E-state index contributed by atoms with van der Waals surface area (Å²) in [5.41, 5.74) is 1.46. The molecule has 7 heteroatoms. The lowest BCUT2D eigenvalue weighted by Gasteiger charge is -2.27. The van der Waals surface area contributed by atoms with Crippen molar-refractivity contribution in [2.75, 3.05) is 5.32 Å². The van der Waals surface area contributed by atoms with Crippen molar-refractivity contribution < 1.29 is 14.8 Å². The summed E-state index contributed by atoms with van der Waals surface area (Å²) in [6.07, 6.45) is 4.40. The summed E-state index contributed by atoms with van der Waals surface area (Å²) >= 11 is 0. The van der Waals surface area contributed by atoms with Crippen molar-refractivity contribution in [1.82, 2.24) is 4.98 Å². The first-order valence-electron chi connectivity index (χ1n) is 8.35. The summed E-state index contributed by atoms with van der Waals surface area (Å²) in [6.45, 7) is 1.94. The first-order valence-corrected chi connectivity index (χ1v) is 8.35. The molecule has 1 aliphatic rings. The quantitative estimate of drug-likeness (QED) is 0.633. The van der Waals surface area contributed by atoms with Gasteiger partial charge in [-0.1, -0.05) is 6.07 Å². The third-order valence-electron chi connectivity index (χ3n) is 4.33. The Morgan fingerprint density at radius 3 is 2.64 bits per heavy atom. The van der Waals surface area contributed by atoms with Crippen LogP contribution in [0.5, 0.6) is 11.6 Å². The molecule has 2 N–H and O–H groups in total. The maximum atomic E-state index is 11.3. The van der Waals surface area contributed by atoms with Crippen LogP contribution in [0, 0.1) is 17.0 Å². The van der Waals surface area contributed by atoms with Crippen LogP contribution in [0.25, 0.3) is 0 Å². The Morgan fingerprint density at radius 1 is 1.24 bits per heavy atom. The van der Waals surface area contributed by atoms with Gasteiger partial charge in [-0.05, 0) is 44.2 Å². The summed E-state index contributed by atoms with van der Waals surface area (Å²) in [5.74, 6) is 0.923. The normalized spacial score (nSPS) is 20.1. The summed E-state index contributed by atoms with van der Waals surface area (Å²) < 4.78 is 5.70. The Balaban J connectivity index is 1.79. The molecule has 1 heterocycles. The third-order valence-corrected chi connectivity index (χ3v) is 4.33. The Bertz CT molecular complexity index is 740. The van der Waals surface area contributed by atoms with Gasteiger partial charge in [0.25, 0.3) is 5.69 Å². The third kappa shape index (κ3) is 4.45. The monoisotopic (exact) mass is 343 g/mol. The first-order chi connectivity index (χ1) is 12.0. The summed E-state index contributed by atoms with van der Waals surface area (Å²) in [5, 5.41) is 24.1. The zero-order chi connectivity index (χ0) is 17.8. The number of hydrogen-bond donors (Lipinski definition) is 2. The summed E-state index contributed by atoms with van der Waals surface area (Å²) in [7, 11) is 0. The predicted molar refractivity (Wildman–Crippen MR) is 94.0 cm³/mol. The van der Waals surface area contributed by atoms with Crippen molar-refractivity contribution in [3.05, 3.63) is 52.2 Å². The molecule has 1 fully saturated rings. The molecule has 1 aromatic heterocycles. The fraction of sp³-hybridized carbons (Fsp3) is 0.389. The van der Waals surface area contributed by atoms with E-state index in [0.29, 0.717) is 30.2 Å². The molecule has 7 nitrogen and oxygen atoms in total. The highest BCUT2D eigenvalue weighted by Gasteiger charge is 2.23. The van der Waals surface area contributed by atoms with Gasteiger partial charge in [-0.3, -0.25) is 10.1 Å². The molecule has 0 bridgehead atoms. The second-order valence-corrected chi connectivity index (χ2v) is 6.36. The zero-order valence-corrected chi connectivity index (χ0v) is 14.0. The lowest BCUT2D eigenvalue weighted by Crippen LogP contribution is -2.28. The van der Waals surface area contributed by atoms with Gasteiger partial charge < -0.3 is 15.2 Å². The highest BCUT2D eigenvalue weighted by atomic mass is 16.6. The van der Waals surface area contributed by atoms with E-state index < -0.39 is 4.92 Å². The number of hydrogen-bond acceptors (Lipinski definition) is 6. The number of aryl methyl sites for hydroxylation is 1. The number of nitrogens with one attached hydrogen (secondary N) is 1. The van der Waals surface area contributed by atoms with E-state index in [0.717, 1.165) is 18.4 Å². The van der Waals surface area contributed by atoms with E-state index in [2.05, 4.69) is 10.3 Å². The van der Waals surface area contributed by atoms with Crippen LogP contribution in [0.15, 0.2) is 36.5 Å². The molecule has 25 heavy (non-hydrogen) atoms. The molecule has 1 aromatic carbocycles. The molecule has 0 spiro atoms. The largest absolute Gasteiger partial charge is 0.439 e. The van der Waals surface area contributed by atoms with Crippen LogP contribution < -0.4 is 10.1 Å². The van der Waals surface area contributed by atoms with Crippen LogP contribution in [-0.4, -0.2) is 27.2 Å². The molecule has 0 unspecified atom stereocenters. The number of pyridine rings is 1. The van der Waals surface area contributed by atoms with Crippen molar-refractivity contribution >= 4 is 11.4 Å². The Kier molecular flexibility index (Phi) is 5.14. The molecule has 0 atom stereocenters. The topological polar surface area (TPSA) is 97.5 Å². The average molecular weight is 343 g/mol. The standard InChI is InChI=1S/C18H21N3O4/c1-12-2-9-18(19-11-12)25-15-7-8-17(21(23)24)16(10-15)20-13-3-5-14(22)6-4-13/h2,7-11,13-14,20,22H,3-6H2,1H3. The Hall–Kier alpha value is -2.67. The van der Waals surface area contributed by atoms with E-state index in [-0.39, 0.29) is 17.8 Å². The van der Waals surface area contributed by atoms with E-state index in [4.69, 9.17) is 4.74 Å². The highest BCUT2D eigenvalue weighted by molar-refractivity contribution is 5.64. The molecule has 1 saturated carbocycles. The minimum absolute atomic E-state index is 0.00957. The van der Waals surface area contributed by atoms with Gasteiger partial charge in [-0.15, -0.1) is 0 Å². The summed E-state index contributed by atoms with van der Waals surface area (Å²) in [4.78, 5) is 15.1. The van der Waals surface area contributed by atoms with Crippen LogP contribution >= 0.6 is 0 Å². The second kappa shape index (κ2) is 7.48. The lowest BCUT2D eigenvalue weighted by atomic mass is 9.93. The van der Waals surface area contributed by atoms with Crippen LogP contribution in [0.1, 0.15) is 31.2 Å². The van der Waals surface area contributed by atoms with Crippen molar-refractivity contribution in [2.45, 2.75) is 44.8 Å². The zero-order valence-electron chi connectivity index (χ0n) is 14.0. The minimum Gasteiger partial charge on any atom is -0.439 e. The fourth-order valence-electron chi connectivity index (χ4n) is 2.93. The molecular formula is C18H21N3O4. The number of ether oxygens (including phenoxy) is 1. The number of nitro benzene ring substituents is 1. The van der Waals surface area contributed by atoms with Gasteiger partial charge in [-0.25, -0.2) is 4.98 Å². The number of nitrogens with zero attached hydrogens (tertiary/aromatic N) is 2. The van der Waals surface area contributed by atoms with Gasteiger partial charge in [0.2, 0.25) is 5.88 Å². The smallest absolute Gasteiger partial charge is 0.292 e. The van der Waals surface area contributed by atoms with Crippen LogP contribution in [-0.2, 0) is 0 Å². The number of aliphatic hydroxyl groups excluding tert-OH is 1. The van der Waals surface area contributed by atoms with E-state index in [1.54, 1.807) is 24.4 Å². The summed E-state index contributed by atoms with van der Waals surface area (Å²) in [6, 6.07) is 8.38. The minimum atomic E-state index is -0.409. The SMILES string of the molecule is Cc1ccc(Oc2ccc([N+](=O)[O-])c(NC3CCC(O)CC3)c2)nc1. The van der Waals surface area contributed by atoms with Gasteiger partial charge in [0.1, 0.15) is 11.4 Å². The molecule has 0 saturated heterocycles. The van der Waals surface area contributed by atoms with Crippen LogP contribution in [0.2, 0.25) is 0 Å². The van der Waals surface area contributed by atoms with Gasteiger partial charge in [0.05, 0.1) is 11.0 Å². The van der Waals surface area contributed by atoms with Crippen molar-refractivity contribution in [1.29, 1.82) is 0 Å². The van der Waals surface area contributed by atoms with Gasteiger partial charge in [0.15, 0.2) is 0 Å². The van der Waals surface area contributed by atoms with Gasteiger partial charge in [0, 0.05) is 30.4 Å². The molecule has 0 amide bonds. The van der Waals surface area contributed by atoms with Crippen molar-refractivity contribution in [3.8, 4) is 11.6 Å². The first kappa shape index (κ1) is 17.2. The lowest BCUT2D eigenvalue weighted by molar-refractivity contribution is -0.384. The average Bonchev–Trinajstić information content (AvgIpc) is 2.59. The Labute approximate surface area is 145 Å². The predicted octanol–water partition coefficient (Wildman–Crippen LogP) is 3.81. The molecular weight excluding hydrogens is 322 g/mol. The molecule has 1 aliphatic carbocycles. The fourth-order valence-corrected chi connectivity index (χ4v) is 2.93. The maximum Gasteiger partial charge on any atom is 0.292 e. The molecule has 132 valence electrons. The van der Waals surface area contributed by atoms with Crippen molar-refractivity contribution in [2.24, 2.45) is 0 Å². The van der Waals surface area contributed by atoms with Crippen LogP contribution in [0.3, 0.4) is 0 Å². The van der Waals surface area contributed by atoms with Crippen molar-refractivity contribution in [3.63, 3.8) is 0 Å². The number of benzene rings is 1. The molecule has 2 aromatic rings. The maximum absolute atomic E-state index is 11.3. The van der Waals surface area contributed by atoms with E-state index in [9.17, 15) is 15.2 Å². The van der Waals surface area contributed by atoms with E-state index >= 15 is 0 Å². The second-order valence-electron chi connectivity index (χ2n) is 6.36. The van der Waals surface area contributed by atoms with Crippen LogP contribution in [0.4, 0.5) is 11.4 Å². The van der Waals surface area contributed by atoms with E-state index in [1.165, 1.54) is 6.07 Å². The molecule has 0 aliphatic heterocycles. The number of aromatic nitrogens is 1. The number of anilines is 1. The number of aliphatic hydroxyl groups is 1.